The van der Waals surface area contributed by atoms with Gasteiger partial charge in [0.05, 0.1) is 5.56 Å². The quantitative estimate of drug-likeness (QED) is 0.840. The van der Waals surface area contributed by atoms with Gasteiger partial charge >= 0.3 is 5.97 Å². The van der Waals surface area contributed by atoms with Gasteiger partial charge < -0.3 is 5.11 Å². The minimum atomic E-state index is -0.992. The lowest BCUT2D eigenvalue weighted by molar-refractivity contribution is 0.0697. The minimum absolute atomic E-state index is 0.188. The van der Waals surface area contributed by atoms with Crippen molar-refractivity contribution in [2.45, 2.75) is 13.3 Å². The monoisotopic (exact) mass is 218 g/mol. The van der Waals surface area contributed by atoms with Gasteiger partial charge in [0.25, 0.3) is 0 Å². The predicted octanol–water partition coefficient (Wildman–Crippen LogP) is 3.24. The van der Waals surface area contributed by atoms with E-state index in [1.165, 1.54) is 24.3 Å². The molecule has 0 aromatic heterocycles. The van der Waals surface area contributed by atoms with Crippen LogP contribution >= 0.6 is 0 Å². The Hall–Kier alpha value is -1.90. The molecule has 0 unspecified atom stereocenters. The number of aryl methyl sites for hydroxylation is 1. The Morgan fingerprint density at radius 2 is 2.00 bits per heavy atom. The van der Waals surface area contributed by atoms with E-state index >= 15 is 0 Å². The first-order valence-electron chi connectivity index (χ1n) is 5.08. The van der Waals surface area contributed by atoms with Gasteiger partial charge in [-0.2, -0.15) is 0 Å². The Morgan fingerprint density at radius 1 is 1.25 bits per heavy atom. The third-order valence-electron chi connectivity index (χ3n) is 2.68. The van der Waals surface area contributed by atoms with Crippen LogP contribution in [0, 0.1) is 5.82 Å². The van der Waals surface area contributed by atoms with E-state index in [9.17, 15) is 9.18 Å². The van der Waals surface area contributed by atoms with E-state index in [1.54, 1.807) is 6.07 Å². The SMILES string of the molecule is CCc1ccc(F)c2ccc(C(=O)O)cc12. The second-order valence-corrected chi connectivity index (χ2v) is 3.63. The molecule has 0 aliphatic rings. The van der Waals surface area contributed by atoms with E-state index in [0.29, 0.717) is 10.8 Å². The maximum atomic E-state index is 13.5. The van der Waals surface area contributed by atoms with Crippen LogP contribution in [0.3, 0.4) is 0 Å². The molecular weight excluding hydrogens is 207 g/mol. The summed E-state index contributed by atoms with van der Waals surface area (Å²) in [5.74, 6) is -1.31. The van der Waals surface area contributed by atoms with Crippen molar-refractivity contribution >= 4 is 16.7 Å². The fourth-order valence-corrected chi connectivity index (χ4v) is 1.81. The van der Waals surface area contributed by atoms with E-state index in [1.807, 2.05) is 6.92 Å². The Labute approximate surface area is 92.3 Å². The molecule has 0 fully saturated rings. The van der Waals surface area contributed by atoms with Crippen LogP contribution in [-0.4, -0.2) is 11.1 Å². The molecule has 0 amide bonds. The third-order valence-corrected chi connectivity index (χ3v) is 2.68. The number of hydrogen-bond acceptors (Lipinski definition) is 1. The highest BCUT2D eigenvalue weighted by molar-refractivity contribution is 5.95. The van der Waals surface area contributed by atoms with Gasteiger partial charge in [-0.3, -0.25) is 0 Å². The molecule has 0 saturated carbocycles. The van der Waals surface area contributed by atoms with Crippen LogP contribution < -0.4 is 0 Å². The number of hydrogen-bond donors (Lipinski definition) is 1. The van der Waals surface area contributed by atoms with Crippen molar-refractivity contribution < 1.29 is 14.3 Å². The summed E-state index contributed by atoms with van der Waals surface area (Å²) in [6.07, 6.45) is 0.750. The highest BCUT2D eigenvalue weighted by atomic mass is 19.1. The fourth-order valence-electron chi connectivity index (χ4n) is 1.81. The van der Waals surface area contributed by atoms with Crippen LogP contribution in [0.2, 0.25) is 0 Å². The summed E-state index contributed by atoms with van der Waals surface area (Å²) in [6, 6.07) is 7.59. The van der Waals surface area contributed by atoms with Gasteiger partial charge in [-0.1, -0.05) is 19.1 Å². The van der Waals surface area contributed by atoms with Gasteiger partial charge in [0, 0.05) is 5.39 Å². The molecule has 0 saturated heterocycles. The number of carboxylic acid groups (broad SMARTS) is 1. The lowest BCUT2D eigenvalue weighted by Gasteiger charge is -2.06. The van der Waals surface area contributed by atoms with Crippen molar-refractivity contribution in [3.05, 3.63) is 47.3 Å². The van der Waals surface area contributed by atoms with Crippen LogP contribution in [-0.2, 0) is 6.42 Å². The van der Waals surface area contributed by atoms with Crippen molar-refractivity contribution in [2.24, 2.45) is 0 Å². The number of benzene rings is 2. The molecule has 2 aromatic rings. The molecule has 0 atom stereocenters. The van der Waals surface area contributed by atoms with E-state index in [4.69, 9.17) is 5.11 Å². The van der Waals surface area contributed by atoms with Gasteiger partial charge in [-0.25, -0.2) is 9.18 Å². The van der Waals surface area contributed by atoms with E-state index < -0.39 is 5.97 Å². The number of halogens is 1. The molecule has 0 spiro atoms. The van der Waals surface area contributed by atoms with Crippen molar-refractivity contribution in [1.29, 1.82) is 0 Å². The molecule has 0 heterocycles. The highest BCUT2D eigenvalue weighted by Crippen LogP contribution is 2.23. The lowest BCUT2D eigenvalue weighted by Crippen LogP contribution is -1.97. The number of aromatic carboxylic acids is 1. The molecule has 0 radical (unpaired) electrons. The average Bonchev–Trinajstić information content (AvgIpc) is 2.29. The van der Waals surface area contributed by atoms with Gasteiger partial charge in [0.15, 0.2) is 0 Å². The second-order valence-electron chi connectivity index (χ2n) is 3.63. The van der Waals surface area contributed by atoms with Crippen molar-refractivity contribution in [3.8, 4) is 0 Å². The number of carboxylic acids is 1. The molecule has 0 aliphatic heterocycles. The topological polar surface area (TPSA) is 37.3 Å². The summed E-state index contributed by atoms with van der Waals surface area (Å²) in [5.41, 5.74) is 1.15. The van der Waals surface area contributed by atoms with Crippen LogP contribution in [0.4, 0.5) is 4.39 Å². The van der Waals surface area contributed by atoms with Gasteiger partial charge in [-0.05, 0) is 35.6 Å². The maximum absolute atomic E-state index is 13.5. The minimum Gasteiger partial charge on any atom is -0.478 e. The summed E-state index contributed by atoms with van der Waals surface area (Å²) < 4.78 is 13.5. The summed E-state index contributed by atoms with van der Waals surface area (Å²) in [4.78, 5) is 10.8. The highest BCUT2D eigenvalue weighted by Gasteiger charge is 2.08. The molecule has 3 heteroatoms. The van der Waals surface area contributed by atoms with E-state index in [2.05, 4.69) is 0 Å². The zero-order valence-corrected chi connectivity index (χ0v) is 8.83. The third kappa shape index (κ3) is 1.65. The first-order valence-corrected chi connectivity index (χ1v) is 5.08. The molecular formula is C13H11FO2. The molecule has 2 rings (SSSR count). The summed E-state index contributed by atoms with van der Waals surface area (Å²) in [7, 11) is 0. The Morgan fingerprint density at radius 3 is 2.62 bits per heavy atom. The normalized spacial score (nSPS) is 10.6. The molecule has 1 N–H and O–H groups in total. The molecule has 2 aromatic carbocycles. The smallest absolute Gasteiger partial charge is 0.335 e. The molecule has 0 bridgehead atoms. The first kappa shape index (κ1) is 10.6. The largest absolute Gasteiger partial charge is 0.478 e. The van der Waals surface area contributed by atoms with E-state index in [-0.39, 0.29) is 11.4 Å². The number of fused-ring (bicyclic) bond motifs is 1. The second kappa shape index (κ2) is 3.93. The standard InChI is InChI=1S/C13H11FO2/c1-2-8-4-6-12(14)10-5-3-9(13(15)16)7-11(8)10/h3-7H,2H2,1H3,(H,15,16). The predicted molar refractivity (Wildman–Crippen MR) is 60.2 cm³/mol. The lowest BCUT2D eigenvalue weighted by atomic mass is 10.00. The Balaban J connectivity index is 2.79. The Kier molecular flexibility index (Phi) is 2.60. The van der Waals surface area contributed by atoms with Crippen LogP contribution in [0.5, 0.6) is 0 Å². The molecule has 82 valence electrons. The molecule has 16 heavy (non-hydrogen) atoms. The fraction of sp³-hybridized carbons (Fsp3) is 0.154. The van der Waals surface area contributed by atoms with Crippen LogP contribution in [0.1, 0.15) is 22.8 Å². The summed E-state index contributed by atoms with van der Waals surface area (Å²) in [5, 5.41) is 10.0. The molecule has 0 aliphatic carbocycles. The number of rotatable bonds is 2. The van der Waals surface area contributed by atoms with Gasteiger partial charge in [0.1, 0.15) is 5.82 Å². The molecule has 2 nitrogen and oxygen atoms in total. The zero-order valence-electron chi connectivity index (χ0n) is 8.83. The van der Waals surface area contributed by atoms with Gasteiger partial charge in [0.2, 0.25) is 0 Å². The van der Waals surface area contributed by atoms with Crippen LogP contribution in [0.15, 0.2) is 30.3 Å². The number of carbonyl (C=O) groups is 1. The first-order chi connectivity index (χ1) is 7.63. The summed E-state index contributed by atoms with van der Waals surface area (Å²) >= 11 is 0. The van der Waals surface area contributed by atoms with Crippen molar-refractivity contribution in [1.82, 2.24) is 0 Å². The van der Waals surface area contributed by atoms with Gasteiger partial charge in [-0.15, -0.1) is 0 Å². The summed E-state index contributed by atoms with van der Waals surface area (Å²) in [6.45, 7) is 1.96. The Bertz CT molecular complexity index is 561. The average molecular weight is 218 g/mol. The van der Waals surface area contributed by atoms with E-state index in [0.717, 1.165) is 12.0 Å². The van der Waals surface area contributed by atoms with Crippen molar-refractivity contribution in [3.63, 3.8) is 0 Å². The zero-order chi connectivity index (χ0) is 11.7. The van der Waals surface area contributed by atoms with Crippen molar-refractivity contribution in [2.75, 3.05) is 0 Å². The van der Waals surface area contributed by atoms with Crippen LogP contribution in [0.25, 0.3) is 10.8 Å². The maximum Gasteiger partial charge on any atom is 0.335 e.